The number of hydrogen-bond donors (Lipinski definition) is 2. The van der Waals surface area contributed by atoms with Gasteiger partial charge >= 0.3 is 11.9 Å². The molecule has 0 amide bonds. The van der Waals surface area contributed by atoms with Gasteiger partial charge in [-0.1, -0.05) is 30.3 Å². The van der Waals surface area contributed by atoms with E-state index in [4.69, 9.17) is 10.2 Å². The fraction of sp³-hybridized carbons (Fsp3) is 0.0714. The number of nitrogens with zero attached hydrogens (tertiary/aromatic N) is 1. The Morgan fingerprint density at radius 3 is 1.95 bits per heavy atom. The molecule has 2 N–H and O–H groups in total. The third-order valence-electron chi connectivity index (χ3n) is 2.62. The van der Waals surface area contributed by atoms with Crippen LogP contribution in [0.4, 0.5) is 0 Å². The number of carboxylic acids is 2. The monoisotopic (exact) mass is 258 g/mol. The number of aromatic carboxylic acids is 2. The van der Waals surface area contributed by atoms with Crippen molar-refractivity contribution in [2.24, 2.45) is 0 Å². The number of carboxylic acid groups (broad SMARTS) is 2. The minimum atomic E-state index is -1.15. The Labute approximate surface area is 109 Å². The van der Waals surface area contributed by atoms with Gasteiger partial charge in [-0.05, 0) is 6.07 Å². The van der Waals surface area contributed by atoms with E-state index in [1.54, 1.807) is 4.57 Å². The van der Waals surface area contributed by atoms with E-state index in [1.807, 2.05) is 30.3 Å². The van der Waals surface area contributed by atoms with Crippen LogP contribution in [0.25, 0.3) is 0 Å². The highest BCUT2D eigenvalue weighted by molar-refractivity contribution is 5.92. The van der Waals surface area contributed by atoms with Crippen molar-refractivity contribution in [3.63, 3.8) is 0 Å². The van der Waals surface area contributed by atoms with Crippen molar-refractivity contribution in [2.45, 2.75) is 6.54 Å². The molecule has 1 aromatic carbocycles. The van der Waals surface area contributed by atoms with Crippen LogP contribution in [0.15, 0.2) is 48.8 Å². The Kier molecular flexibility index (Phi) is 3.56. The van der Waals surface area contributed by atoms with Crippen LogP contribution in [0.3, 0.4) is 0 Å². The number of pyridine rings is 1. The lowest BCUT2D eigenvalue weighted by molar-refractivity contribution is -0.688. The topological polar surface area (TPSA) is 78.5 Å². The zero-order valence-corrected chi connectivity index (χ0v) is 9.98. The van der Waals surface area contributed by atoms with E-state index in [0.29, 0.717) is 6.54 Å². The van der Waals surface area contributed by atoms with Crippen LogP contribution in [0, 0.1) is 0 Å². The van der Waals surface area contributed by atoms with Crippen molar-refractivity contribution in [1.82, 2.24) is 0 Å². The molecule has 0 spiro atoms. The summed E-state index contributed by atoms with van der Waals surface area (Å²) in [6, 6.07) is 10.5. The van der Waals surface area contributed by atoms with Gasteiger partial charge in [-0.3, -0.25) is 0 Å². The summed E-state index contributed by atoms with van der Waals surface area (Å²) in [7, 11) is 0. The molecule has 0 aliphatic heterocycles. The highest BCUT2D eigenvalue weighted by atomic mass is 16.4. The van der Waals surface area contributed by atoms with Crippen LogP contribution in [0.5, 0.6) is 0 Å². The van der Waals surface area contributed by atoms with E-state index in [0.717, 1.165) is 11.6 Å². The minimum Gasteiger partial charge on any atom is -0.477 e. The second kappa shape index (κ2) is 5.30. The van der Waals surface area contributed by atoms with Crippen molar-refractivity contribution in [1.29, 1.82) is 0 Å². The smallest absolute Gasteiger partial charge is 0.341 e. The van der Waals surface area contributed by atoms with Crippen molar-refractivity contribution in [3.8, 4) is 0 Å². The molecule has 5 nitrogen and oxygen atoms in total. The Balaban J connectivity index is 2.39. The average molecular weight is 258 g/mol. The molecule has 2 aromatic rings. The molecule has 5 heteroatoms. The van der Waals surface area contributed by atoms with Gasteiger partial charge in [0.05, 0.1) is 0 Å². The molecular weight excluding hydrogens is 246 g/mol. The molecule has 0 atom stereocenters. The largest absolute Gasteiger partial charge is 0.477 e. The van der Waals surface area contributed by atoms with Crippen molar-refractivity contribution in [2.75, 3.05) is 0 Å². The molecule has 0 fully saturated rings. The number of carbonyl (C=O) groups is 2. The molecule has 2 rings (SSSR count). The summed E-state index contributed by atoms with van der Waals surface area (Å²) in [4.78, 5) is 21.9. The first-order chi connectivity index (χ1) is 9.06. The molecule has 1 heterocycles. The van der Waals surface area contributed by atoms with Crippen LogP contribution in [0.1, 0.15) is 26.3 Å². The summed E-state index contributed by atoms with van der Waals surface area (Å²) in [6.07, 6.45) is 2.84. The van der Waals surface area contributed by atoms with E-state index in [1.165, 1.54) is 12.4 Å². The molecule has 0 unspecified atom stereocenters. The maximum Gasteiger partial charge on any atom is 0.341 e. The van der Waals surface area contributed by atoms with E-state index in [-0.39, 0.29) is 11.1 Å². The summed E-state index contributed by atoms with van der Waals surface area (Å²) in [6.45, 7) is 0.419. The highest BCUT2D eigenvalue weighted by Crippen LogP contribution is 2.04. The molecule has 0 saturated carbocycles. The second-order valence-corrected chi connectivity index (χ2v) is 4.08. The number of benzene rings is 1. The Hall–Kier alpha value is -2.69. The quantitative estimate of drug-likeness (QED) is 0.813. The molecule has 1 aromatic heterocycles. The number of aromatic nitrogens is 1. The minimum absolute atomic E-state index is 0.0455. The van der Waals surface area contributed by atoms with Crippen LogP contribution < -0.4 is 4.57 Å². The Morgan fingerprint density at radius 1 is 0.947 bits per heavy atom. The van der Waals surface area contributed by atoms with Gasteiger partial charge in [0, 0.05) is 5.56 Å². The van der Waals surface area contributed by atoms with E-state index >= 15 is 0 Å². The molecule has 0 bridgehead atoms. The van der Waals surface area contributed by atoms with Crippen molar-refractivity contribution < 1.29 is 24.4 Å². The zero-order valence-electron chi connectivity index (χ0n) is 9.98. The summed E-state index contributed by atoms with van der Waals surface area (Å²) < 4.78 is 1.56. The standard InChI is InChI=1S/C14H11NO4/c16-13(17)11-6-12(14(18)19)9-15(8-11)7-10-4-2-1-3-5-10/h1-6,8-9H,7H2,(H-,16,17,18,19)/p+1. The highest BCUT2D eigenvalue weighted by Gasteiger charge is 2.16. The Morgan fingerprint density at radius 2 is 1.47 bits per heavy atom. The number of hydrogen-bond acceptors (Lipinski definition) is 2. The fourth-order valence-electron chi connectivity index (χ4n) is 1.76. The Bertz CT molecular complexity index is 590. The van der Waals surface area contributed by atoms with Gasteiger partial charge in [0.1, 0.15) is 11.1 Å². The predicted octanol–water partition coefficient (Wildman–Crippen LogP) is 1.42. The fourth-order valence-corrected chi connectivity index (χ4v) is 1.76. The second-order valence-electron chi connectivity index (χ2n) is 4.08. The van der Waals surface area contributed by atoms with Gasteiger partial charge < -0.3 is 10.2 Å². The first-order valence-electron chi connectivity index (χ1n) is 5.61. The number of rotatable bonds is 4. The lowest BCUT2D eigenvalue weighted by atomic mass is 10.2. The van der Waals surface area contributed by atoms with Gasteiger partial charge in [-0.15, -0.1) is 0 Å². The van der Waals surface area contributed by atoms with Crippen molar-refractivity contribution in [3.05, 3.63) is 65.5 Å². The SMILES string of the molecule is O=C(O)c1cc(C(=O)O)c[n+](Cc2ccccc2)c1. The lowest BCUT2D eigenvalue weighted by Crippen LogP contribution is -2.36. The average Bonchev–Trinajstić information content (AvgIpc) is 2.39. The van der Waals surface area contributed by atoms with E-state index in [2.05, 4.69) is 0 Å². The first kappa shape index (κ1) is 12.8. The maximum atomic E-state index is 11.0. The predicted molar refractivity (Wildman–Crippen MR) is 66.1 cm³/mol. The van der Waals surface area contributed by atoms with Gasteiger partial charge in [-0.25, -0.2) is 9.59 Å². The third kappa shape index (κ3) is 3.16. The molecular formula is C14H12NO4+. The van der Waals surface area contributed by atoms with Gasteiger partial charge in [0.25, 0.3) is 0 Å². The van der Waals surface area contributed by atoms with E-state index < -0.39 is 11.9 Å². The van der Waals surface area contributed by atoms with Crippen LogP contribution in [-0.2, 0) is 6.54 Å². The molecule has 96 valence electrons. The molecule has 0 saturated heterocycles. The van der Waals surface area contributed by atoms with Crippen LogP contribution in [-0.4, -0.2) is 22.2 Å². The van der Waals surface area contributed by atoms with Gasteiger partial charge in [-0.2, -0.15) is 4.57 Å². The van der Waals surface area contributed by atoms with Gasteiger partial charge in [0.15, 0.2) is 18.9 Å². The maximum absolute atomic E-state index is 11.0. The lowest BCUT2D eigenvalue weighted by Gasteiger charge is -2.01. The first-order valence-corrected chi connectivity index (χ1v) is 5.61. The van der Waals surface area contributed by atoms with E-state index in [9.17, 15) is 9.59 Å². The molecule has 0 aliphatic carbocycles. The molecule has 0 radical (unpaired) electrons. The summed E-state index contributed by atoms with van der Waals surface area (Å²) in [5, 5.41) is 18.0. The third-order valence-corrected chi connectivity index (χ3v) is 2.62. The summed E-state index contributed by atoms with van der Waals surface area (Å²) in [5.74, 6) is -2.30. The van der Waals surface area contributed by atoms with Crippen molar-refractivity contribution >= 4 is 11.9 Å². The summed E-state index contributed by atoms with van der Waals surface area (Å²) >= 11 is 0. The molecule has 0 aliphatic rings. The van der Waals surface area contributed by atoms with Gasteiger partial charge in [0.2, 0.25) is 0 Å². The summed E-state index contributed by atoms with van der Waals surface area (Å²) in [5.41, 5.74) is 0.873. The van der Waals surface area contributed by atoms with Crippen LogP contribution in [0.2, 0.25) is 0 Å². The molecule has 19 heavy (non-hydrogen) atoms. The van der Waals surface area contributed by atoms with Crippen LogP contribution >= 0.6 is 0 Å². The zero-order chi connectivity index (χ0) is 13.8. The normalized spacial score (nSPS) is 10.1.